The molecule has 0 spiro atoms. The Hall–Kier alpha value is -0.910. The molecule has 4 nitrogen and oxygen atoms in total. The van der Waals surface area contributed by atoms with E-state index in [2.05, 4.69) is 12.1 Å². The van der Waals surface area contributed by atoms with E-state index in [9.17, 15) is 8.42 Å². The van der Waals surface area contributed by atoms with Gasteiger partial charge in [0.25, 0.3) is 0 Å². The molecule has 1 rings (SSSR count). The van der Waals surface area contributed by atoms with Crippen molar-refractivity contribution in [1.82, 2.24) is 4.31 Å². The fraction of sp³-hybridized carbons (Fsp3) is 0.571. The van der Waals surface area contributed by atoms with E-state index in [0.29, 0.717) is 19.5 Å². The van der Waals surface area contributed by atoms with E-state index < -0.39 is 10.0 Å². The minimum absolute atomic E-state index is 0.200. The third-order valence-corrected chi connectivity index (χ3v) is 5.05. The quantitative estimate of drug-likeness (QED) is 0.701. The van der Waals surface area contributed by atoms with Crippen LogP contribution >= 0.6 is 0 Å². The van der Waals surface area contributed by atoms with Crippen LogP contribution in [0.2, 0.25) is 0 Å². The van der Waals surface area contributed by atoms with Crippen molar-refractivity contribution >= 4 is 10.0 Å². The summed E-state index contributed by atoms with van der Waals surface area (Å²) in [5.41, 5.74) is 6.62. The highest BCUT2D eigenvalue weighted by Gasteiger charge is 2.16. The first-order chi connectivity index (χ1) is 9.06. The predicted molar refractivity (Wildman–Crippen MR) is 79.5 cm³/mol. The molecule has 0 radical (unpaired) electrons. The highest BCUT2D eigenvalue weighted by Crippen LogP contribution is 2.07. The molecule has 2 N–H and O–H groups in total. The fourth-order valence-electron chi connectivity index (χ4n) is 1.87. The third kappa shape index (κ3) is 6.18. The molecule has 0 aliphatic rings. The van der Waals surface area contributed by atoms with Gasteiger partial charge in [-0.25, -0.2) is 12.7 Å². The summed E-state index contributed by atoms with van der Waals surface area (Å²) in [7, 11) is -1.45. The van der Waals surface area contributed by atoms with Crippen molar-refractivity contribution in [3.63, 3.8) is 0 Å². The van der Waals surface area contributed by atoms with Crippen LogP contribution in [0.15, 0.2) is 30.3 Å². The average Bonchev–Trinajstić information content (AvgIpc) is 2.40. The molecule has 0 saturated heterocycles. The van der Waals surface area contributed by atoms with Crippen molar-refractivity contribution in [1.29, 1.82) is 0 Å². The van der Waals surface area contributed by atoms with Crippen LogP contribution in [0.4, 0.5) is 0 Å². The zero-order valence-corrected chi connectivity index (χ0v) is 12.4. The number of nitrogens with two attached hydrogens (primary N) is 1. The normalized spacial score (nSPS) is 11.9. The van der Waals surface area contributed by atoms with Crippen LogP contribution in [-0.4, -0.2) is 38.6 Å². The molecule has 19 heavy (non-hydrogen) atoms. The zero-order chi connectivity index (χ0) is 14.1. The van der Waals surface area contributed by atoms with Gasteiger partial charge in [0.2, 0.25) is 10.0 Å². The number of hydrogen-bond donors (Lipinski definition) is 1. The molecule has 108 valence electrons. The van der Waals surface area contributed by atoms with Gasteiger partial charge in [0.05, 0.1) is 5.75 Å². The number of unbranched alkanes of at least 4 members (excludes halogenated alkanes) is 1. The molecule has 0 aliphatic heterocycles. The largest absolute Gasteiger partial charge is 0.330 e. The minimum atomic E-state index is -3.11. The molecular formula is C14H24N2O2S. The van der Waals surface area contributed by atoms with Crippen LogP contribution in [0.5, 0.6) is 0 Å². The first-order valence-corrected chi connectivity index (χ1v) is 8.35. The van der Waals surface area contributed by atoms with Gasteiger partial charge in [-0.3, -0.25) is 0 Å². The summed E-state index contributed by atoms with van der Waals surface area (Å²) in [6, 6.07) is 10.1. The summed E-state index contributed by atoms with van der Waals surface area (Å²) >= 11 is 0. The number of hydrogen-bond acceptors (Lipinski definition) is 3. The van der Waals surface area contributed by atoms with Crippen molar-refractivity contribution in [2.45, 2.75) is 25.7 Å². The molecule has 0 unspecified atom stereocenters. The second-order valence-electron chi connectivity index (χ2n) is 4.72. The summed E-state index contributed by atoms with van der Waals surface area (Å²) in [5.74, 6) is 0.200. The third-order valence-electron chi connectivity index (χ3n) is 3.11. The van der Waals surface area contributed by atoms with E-state index in [-0.39, 0.29) is 5.75 Å². The lowest BCUT2D eigenvalue weighted by Crippen LogP contribution is -2.30. The standard InChI is InChI=1S/C14H24N2O2S/c1-16(19(17,18)13-6-5-11-15)12-7-10-14-8-3-2-4-9-14/h2-4,8-9H,5-7,10-13,15H2,1H3. The first-order valence-electron chi connectivity index (χ1n) is 6.74. The van der Waals surface area contributed by atoms with Crippen LogP contribution < -0.4 is 5.73 Å². The number of rotatable bonds is 9. The molecule has 1 aromatic carbocycles. The van der Waals surface area contributed by atoms with Gasteiger partial charge in [-0.15, -0.1) is 0 Å². The van der Waals surface area contributed by atoms with Crippen molar-refractivity contribution in [3.8, 4) is 0 Å². The van der Waals surface area contributed by atoms with Crippen LogP contribution in [0, 0.1) is 0 Å². The second kappa shape index (κ2) is 8.30. The topological polar surface area (TPSA) is 63.4 Å². The predicted octanol–water partition coefficient (Wildman–Crippen LogP) is 1.62. The molecule has 0 aromatic heterocycles. The van der Waals surface area contributed by atoms with Crippen LogP contribution in [-0.2, 0) is 16.4 Å². The Kier molecular flexibility index (Phi) is 7.05. The Morgan fingerprint density at radius 1 is 1.11 bits per heavy atom. The number of aryl methyl sites for hydroxylation is 1. The first kappa shape index (κ1) is 16.1. The van der Waals surface area contributed by atoms with Crippen LogP contribution in [0.25, 0.3) is 0 Å². The molecule has 5 heteroatoms. The Morgan fingerprint density at radius 3 is 2.42 bits per heavy atom. The summed E-state index contributed by atoms with van der Waals surface area (Å²) in [6.45, 7) is 1.12. The number of sulfonamides is 1. The highest BCUT2D eigenvalue weighted by molar-refractivity contribution is 7.89. The lowest BCUT2D eigenvalue weighted by molar-refractivity contribution is 0.459. The van der Waals surface area contributed by atoms with E-state index in [1.54, 1.807) is 7.05 Å². The summed E-state index contributed by atoms with van der Waals surface area (Å²) in [6.07, 6.45) is 3.15. The molecule has 0 atom stereocenters. The van der Waals surface area contributed by atoms with E-state index in [4.69, 9.17) is 5.73 Å². The Morgan fingerprint density at radius 2 is 1.79 bits per heavy atom. The maximum Gasteiger partial charge on any atom is 0.213 e. The van der Waals surface area contributed by atoms with Gasteiger partial charge in [-0.05, 0) is 37.8 Å². The van der Waals surface area contributed by atoms with Crippen molar-refractivity contribution in [2.24, 2.45) is 5.73 Å². The summed E-state index contributed by atoms with van der Waals surface area (Å²) in [4.78, 5) is 0. The van der Waals surface area contributed by atoms with Gasteiger partial charge >= 0.3 is 0 Å². The second-order valence-corrected chi connectivity index (χ2v) is 6.92. The molecule has 0 bridgehead atoms. The molecule has 0 heterocycles. The monoisotopic (exact) mass is 284 g/mol. The molecule has 0 saturated carbocycles. The van der Waals surface area contributed by atoms with Gasteiger partial charge in [0.1, 0.15) is 0 Å². The van der Waals surface area contributed by atoms with E-state index in [0.717, 1.165) is 19.3 Å². The highest BCUT2D eigenvalue weighted by atomic mass is 32.2. The average molecular weight is 284 g/mol. The lowest BCUT2D eigenvalue weighted by Gasteiger charge is -2.16. The molecular weight excluding hydrogens is 260 g/mol. The van der Waals surface area contributed by atoms with Gasteiger partial charge in [0.15, 0.2) is 0 Å². The van der Waals surface area contributed by atoms with Crippen molar-refractivity contribution in [3.05, 3.63) is 35.9 Å². The summed E-state index contributed by atoms with van der Waals surface area (Å²) in [5, 5.41) is 0. The zero-order valence-electron chi connectivity index (χ0n) is 11.6. The fourth-order valence-corrected chi connectivity index (χ4v) is 3.16. The van der Waals surface area contributed by atoms with E-state index >= 15 is 0 Å². The van der Waals surface area contributed by atoms with Gasteiger partial charge in [-0.2, -0.15) is 0 Å². The van der Waals surface area contributed by atoms with E-state index in [1.807, 2.05) is 18.2 Å². The molecule has 1 aromatic rings. The van der Waals surface area contributed by atoms with Gasteiger partial charge in [0, 0.05) is 13.6 Å². The molecule has 0 fully saturated rings. The summed E-state index contributed by atoms with van der Waals surface area (Å²) < 4.78 is 25.3. The van der Waals surface area contributed by atoms with Gasteiger partial charge in [-0.1, -0.05) is 30.3 Å². The Bertz CT molecular complexity index is 446. The molecule has 0 amide bonds. The maximum absolute atomic E-state index is 11.9. The number of nitrogens with zero attached hydrogens (tertiary/aromatic N) is 1. The Balaban J connectivity index is 2.32. The Labute approximate surface area is 116 Å². The van der Waals surface area contributed by atoms with Crippen molar-refractivity contribution in [2.75, 3.05) is 25.9 Å². The molecule has 0 aliphatic carbocycles. The van der Waals surface area contributed by atoms with Crippen molar-refractivity contribution < 1.29 is 8.42 Å². The lowest BCUT2D eigenvalue weighted by atomic mass is 10.1. The SMILES string of the molecule is CN(CCCc1ccccc1)S(=O)(=O)CCCCN. The van der Waals surface area contributed by atoms with Crippen LogP contribution in [0.3, 0.4) is 0 Å². The minimum Gasteiger partial charge on any atom is -0.330 e. The maximum atomic E-state index is 11.9. The number of benzene rings is 1. The van der Waals surface area contributed by atoms with Crippen LogP contribution in [0.1, 0.15) is 24.8 Å². The smallest absolute Gasteiger partial charge is 0.213 e. The van der Waals surface area contributed by atoms with E-state index in [1.165, 1.54) is 9.87 Å². The van der Waals surface area contributed by atoms with Gasteiger partial charge < -0.3 is 5.73 Å².